The summed E-state index contributed by atoms with van der Waals surface area (Å²) in [5.74, 6) is 0.151. The molecular formula is C8H13NO2. The molecule has 0 aliphatic carbocycles. The molecule has 0 saturated carbocycles. The highest BCUT2D eigenvalue weighted by Gasteiger charge is 2.11. The second-order valence-corrected chi connectivity index (χ2v) is 2.12. The van der Waals surface area contributed by atoms with Crippen LogP contribution >= 0.6 is 0 Å². The van der Waals surface area contributed by atoms with Gasteiger partial charge in [0, 0.05) is 20.0 Å². The van der Waals surface area contributed by atoms with Gasteiger partial charge in [0.25, 0.3) is 0 Å². The van der Waals surface area contributed by atoms with Crippen LogP contribution in [0.2, 0.25) is 0 Å². The minimum atomic E-state index is 0.151. The lowest BCUT2D eigenvalue weighted by molar-refractivity contribution is -0.132. The Balaban J connectivity index is 0.000000461. The Hall–Kier alpha value is -1.01. The first-order valence-corrected chi connectivity index (χ1v) is 3.47. The van der Waals surface area contributed by atoms with Gasteiger partial charge in [-0.3, -0.25) is 4.79 Å². The van der Waals surface area contributed by atoms with Crippen LogP contribution in [0.3, 0.4) is 0 Å². The highest BCUT2D eigenvalue weighted by atomic mass is 16.5. The maximum atomic E-state index is 10.7. The van der Waals surface area contributed by atoms with Crippen LogP contribution in [0.15, 0.2) is 0 Å². The lowest BCUT2D eigenvalue weighted by Gasteiger charge is -2.25. The van der Waals surface area contributed by atoms with Crippen molar-refractivity contribution >= 4 is 5.91 Å². The third-order valence-electron chi connectivity index (χ3n) is 1.46. The molecule has 0 aromatic carbocycles. The van der Waals surface area contributed by atoms with Gasteiger partial charge in [0.15, 0.2) is 0 Å². The zero-order chi connectivity index (χ0) is 8.69. The Morgan fingerprint density at radius 3 is 2.09 bits per heavy atom. The predicted molar refractivity (Wildman–Crippen MR) is 43.0 cm³/mol. The van der Waals surface area contributed by atoms with E-state index in [0.29, 0.717) is 13.2 Å². The standard InChI is InChI=1S/C6H11NO2.C2H2/c1-6(8)7-2-4-9-5-3-7;1-2/h2-5H2,1H3;1-2H. The Labute approximate surface area is 67.3 Å². The molecule has 0 radical (unpaired) electrons. The van der Waals surface area contributed by atoms with Crippen molar-refractivity contribution in [2.45, 2.75) is 6.92 Å². The SMILES string of the molecule is C#C.CC(=O)N1CCOCC1. The van der Waals surface area contributed by atoms with Crippen LogP contribution in [0.5, 0.6) is 0 Å². The van der Waals surface area contributed by atoms with Gasteiger partial charge >= 0.3 is 0 Å². The van der Waals surface area contributed by atoms with Gasteiger partial charge < -0.3 is 9.64 Å². The zero-order valence-electron chi connectivity index (χ0n) is 6.75. The van der Waals surface area contributed by atoms with E-state index in [4.69, 9.17) is 4.74 Å². The molecule has 1 amide bonds. The fraction of sp³-hybridized carbons (Fsp3) is 0.625. The largest absolute Gasteiger partial charge is 0.378 e. The summed E-state index contributed by atoms with van der Waals surface area (Å²) in [6.45, 7) is 4.50. The van der Waals surface area contributed by atoms with Crippen LogP contribution in [0.4, 0.5) is 0 Å². The number of rotatable bonds is 0. The van der Waals surface area contributed by atoms with Gasteiger partial charge in [-0.2, -0.15) is 0 Å². The first-order chi connectivity index (χ1) is 5.30. The van der Waals surface area contributed by atoms with E-state index in [1.54, 1.807) is 11.8 Å². The molecule has 1 heterocycles. The lowest BCUT2D eigenvalue weighted by atomic mass is 10.4. The second-order valence-electron chi connectivity index (χ2n) is 2.12. The minimum Gasteiger partial charge on any atom is -0.378 e. The lowest BCUT2D eigenvalue weighted by Crippen LogP contribution is -2.39. The van der Waals surface area contributed by atoms with Crippen LogP contribution < -0.4 is 0 Å². The summed E-state index contributed by atoms with van der Waals surface area (Å²) in [5.41, 5.74) is 0. The highest BCUT2D eigenvalue weighted by Crippen LogP contribution is 1.95. The van der Waals surface area contributed by atoms with Crippen molar-refractivity contribution in [2.75, 3.05) is 26.3 Å². The van der Waals surface area contributed by atoms with E-state index in [0.717, 1.165) is 13.1 Å². The summed E-state index contributed by atoms with van der Waals surface area (Å²) in [4.78, 5) is 12.5. The third kappa shape index (κ3) is 3.64. The minimum absolute atomic E-state index is 0.151. The monoisotopic (exact) mass is 155 g/mol. The normalized spacial score (nSPS) is 16.5. The maximum Gasteiger partial charge on any atom is 0.219 e. The van der Waals surface area contributed by atoms with E-state index in [1.807, 2.05) is 0 Å². The van der Waals surface area contributed by atoms with Crippen LogP contribution in [-0.2, 0) is 9.53 Å². The van der Waals surface area contributed by atoms with Crippen LogP contribution in [0, 0.1) is 12.8 Å². The number of nitrogens with zero attached hydrogens (tertiary/aromatic N) is 1. The van der Waals surface area contributed by atoms with Gasteiger partial charge in [-0.25, -0.2) is 0 Å². The average Bonchev–Trinajstić information content (AvgIpc) is 2.10. The number of hydrogen-bond acceptors (Lipinski definition) is 2. The van der Waals surface area contributed by atoms with E-state index in [1.165, 1.54) is 0 Å². The third-order valence-corrected chi connectivity index (χ3v) is 1.46. The van der Waals surface area contributed by atoms with Crippen LogP contribution in [0.25, 0.3) is 0 Å². The van der Waals surface area contributed by atoms with Crippen molar-refractivity contribution in [2.24, 2.45) is 0 Å². The number of terminal acetylenes is 1. The van der Waals surface area contributed by atoms with E-state index in [9.17, 15) is 4.79 Å². The summed E-state index contributed by atoms with van der Waals surface area (Å²) < 4.78 is 5.06. The van der Waals surface area contributed by atoms with Gasteiger partial charge in [0.1, 0.15) is 0 Å². The molecule has 0 unspecified atom stereocenters. The van der Waals surface area contributed by atoms with Gasteiger partial charge in [0.05, 0.1) is 13.2 Å². The molecule has 0 aromatic rings. The van der Waals surface area contributed by atoms with Gasteiger partial charge in [-0.15, -0.1) is 12.8 Å². The molecule has 0 atom stereocenters. The summed E-state index contributed by atoms with van der Waals surface area (Å²) in [7, 11) is 0. The quantitative estimate of drug-likeness (QED) is 0.465. The molecule has 0 bridgehead atoms. The number of carbonyl (C=O) groups excluding carboxylic acids is 1. The fourth-order valence-corrected chi connectivity index (χ4v) is 0.878. The molecule has 3 nitrogen and oxygen atoms in total. The van der Waals surface area contributed by atoms with Crippen molar-refractivity contribution in [3.63, 3.8) is 0 Å². The molecule has 0 N–H and O–H groups in total. The topological polar surface area (TPSA) is 29.5 Å². The van der Waals surface area contributed by atoms with Crippen molar-refractivity contribution in [1.82, 2.24) is 4.90 Å². The molecule has 3 heteroatoms. The smallest absolute Gasteiger partial charge is 0.219 e. The summed E-state index contributed by atoms with van der Waals surface area (Å²) in [5, 5.41) is 0. The maximum absolute atomic E-state index is 10.7. The number of morpholine rings is 1. The molecule has 1 fully saturated rings. The Morgan fingerprint density at radius 2 is 1.82 bits per heavy atom. The average molecular weight is 155 g/mol. The Morgan fingerprint density at radius 1 is 1.36 bits per heavy atom. The van der Waals surface area contributed by atoms with E-state index < -0.39 is 0 Å². The molecule has 1 rings (SSSR count). The number of amides is 1. The van der Waals surface area contributed by atoms with Crippen molar-refractivity contribution < 1.29 is 9.53 Å². The van der Waals surface area contributed by atoms with Crippen molar-refractivity contribution in [1.29, 1.82) is 0 Å². The summed E-state index contributed by atoms with van der Waals surface area (Å²) >= 11 is 0. The number of hydrogen-bond donors (Lipinski definition) is 0. The first kappa shape index (κ1) is 9.99. The Kier molecular flexibility index (Phi) is 5.22. The molecule has 1 saturated heterocycles. The van der Waals surface area contributed by atoms with Crippen LogP contribution in [0.1, 0.15) is 6.92 Å². The van der Waals surface area contributed by atoms with Crippen molar-refractivity contribution in [3.05, 3.63) is 0 Å². The number of ether oxygens (including phenoxy) is 1. The molecule has 1 aliphatic rings. The molecule has 62 valence electrons. The molecule has 11 heavy (non-hydrogen) atoms. The summed E-state index contributed by atoms with van der Waals surface area (Å²) in [6.07, 6.45) is 8.00. The van der Waals surface area contributed by atoms with Gasteiger partial charge in [0.2, 0.25) is 5.91 Å². The number of carbonyl (C=O) groups is 1. The summed E-state index contributed by atoms with van der Waals surface area (Å²) in [6, 6.07) is 0. The molecular weight excluding hydrogens is 142 g/mol. The van der Waals surface area contributed by atoms with E-state index in [-0.39, 0.29) is 5.91 Å². The fourth-order valence-electron chi connectivity index (χ4n) is 0.878. The van der Waals surface area contributed by atoms with E-state index >= 15 is 0 Å². The zero-order valence-corrected chi connectivity index (χ0v) is 6.75. The highest BCUT2D eigenvalue weighted by molar-refractivity contribution is 5.73. The van der Waals surface area contributed by atoms with Crippen molar-refractivity contribution in [3.8, 4) is 12.8 Å². The molecule has 0 aromatic heterocycles. The van der Waals surface area contributed by atoms with Gasteiger partial charge in [-0.05, 0) is 0 Å². The van der Waals surface area contributed by atoms with Gasteiger partial charge in [-0.1, -0.05) is 0 Å². The Bertz CT molecular complexity index is 136. The molecule has 0 spiro atoms. The molecule has 1 aliphatic heterocycles. The van der Waals surface area contributed by atoms with Crippen LogP contribution in [-0.4, -0.2) is 37.1 Å². The second kappa shape index (κ2) is 5.75. The first-order valence-electron chi connectivity index (χ1n) is 3.47. The van der Waals surface area contributed by atoms with E-state index in [2.05, 4.69) is 12.8 Å². The predicted octanol–water partition coefficient (Wildman–Crippen LogP) is 0.115.